The van der Waals surface area contributed by atoms with Gasteiger partial charge in [-0.3, -0.25) is 9.59 Å². The van der Waals surface area contributed by atoms with Gasteiger partial charge in [-0.1, -0.05) is 176 Å². The van der Waals surface area contributed by atoms with Gasteiger partial charge < -0.3 is 80.8 Å². The topological polar surface area (TPSA) is 292 Å². The van der Waals surface area contributed by atoms with Gasteiger partial charge in [-0.2, -0.15) is 26.3 Å². The number of fused-ring (bicyclic) bond motifs is 6. The summed E-state index contributed by atoms with van der Waals surface area (Å²) in [5.41, 5.74) is 1.45. The van der Waals surface area contributed by atoms with Gasteiger partial charge in [0, 0.05) is 82.9 Å². The minimum absolute atomic E-state index is 0. The number of carbonyl (C=O) groups excluding carboxylic acids is 4. The number of halogens is 20. The van der Waals surface area contributed by atoms with Gasteiger partial charge >= 0.3 is 41.5 Å². The third-order valence-corrected chi connectivity index (χ3v) is 20.8. The number of carbonyl (C=O) groups is 5. The number of methoxy groups -OCH3 is 2. The molecule has 1 saturated heterocycles. The molecule has 0 bridgehead atoms. The number of hydrogen-bond acceptors (Lipinski definition) is 20. The number of alkyl halides is 6. The number of phenols is 1. The molecule has 1 amide bonds. The fourth-order valence-corrected chi connectivity index (χ4v) is 15.0. The predicted octanol–water partition coefficient (Wildman–Crippen LogP) is 26.8. The van der Waals surface area contributed by atoms with Gasteiger partial charge in [0.2, 0.25) is 0 Å². The highest BCUT2D eigenvalue weighted by atomic mass is 35.5. The number of rotatable bonds is 20. The first kappa shape index (κ1) is 103. The van der Waals surface area contributed by atoms with Gasteiger partial charge in [-0.15, -0.1) is 0 Å². The number of ether oxygens (including phenoxy) is 7. The number of nitrogens with zero attached hydrogens (tertiary/aromatic N) is 1. The van der Waals surface area contributed by atoms with Crippen LogP contribution < -0.4 is 19.5 Å². The molecule has 4 N–H and O–H groups in total. The number of amides is 1. The second-order valence-electron chi connectivity index (χ2n) is 26.0. The van der Waals surface area contributed by atoms with E-state index in [0.717, 1.165) is 49.5 Å². The van der Waals surface area contributed by atoms with Crippen molar-refractivity contribution < 1.29 is 121 Å². The van der Waals surface area contributed by atoms with Crippen LogP contribution >= 0.6 is 162 Å². The molecule has 7 heterocycles. The third-order valence-electron chi connectivity index (χ3n) is 17.3. The molecule has 674 valence electrons. The van der Waals surface area contributed by atoms with Crippen LogP contribution in [0.1, 0.15) is 73.6 Å². The summed E-state index contributed by atoms with van der Waals surface area (Å²) in [6, 6.07) is 34.4. The summed E-state index contributed by atoms with van der Waals surface area (Å²) in [6.07, 6.45) is 1.83. The molecule has 2 aliphatic heterocycles. The van der Waals surface area contributed by atoms with E-state index in [-0.39, 0.29) is 118 Å². The molecular weight excluding hydrogens is 1970 g/mol. The Hall–Kier alpha value is -8.31. The number of Topliss-reactive ketones (excluding diaryl/α,β-unsaturated/α-hetero) is 1. The summed E-state index contributed by atoms with van der Waals surface area (Å²) in [7, 11) is 3.09. The Labute approximate surface area is 782 Å². The van der Waals surface area contributed by atoms with E-state index in [4.69, 9.17) is 218 Å². The number of aliphatic hydroxyl groups excluding tert-OH is 1. The molecule has 0 unspecified atom stereocenters. The Bertz CT molecular complexity index is 6020. The summed E-state index contributed by atoms with van der Waals surface area (Å²) in [5.74, 6) is -20.6. The molecule has 2 aliphatic rings. The summed E-state index contributed by atoms with van der Waals surface area (Å²) >= 11 is 81.0. The number of likely N-dealkylation sites (tertiary alicyclic amines) is 1. The van der Waals surface area contributed by atoms with Crippen LogP contribution in [0.5, 0.6) is 23.0 Å². The van der Waals surface area contributed by atoms with Gasteiger partial charge in [-0.05, 0) is 185 Å². The standard InChI is InChI=1S/C25H24Cl2F2N2O5.C12H8Cl2F2O3.C12H8Cl2O4.C10H4Cl2F2O3.C10H12Cl2O3.C8H4Cl2O.C6H4Cl2O.CH4/c26-16-9-15-11-21(36-23(15)17(27)12-16)25(28,29)24(33)30-18(13-31-5-1-2-6-31)22(32)14-3-4-19-20(10-14)35-8-7-34-19;1-2-18-11(17)12(15,16)9-4-6-3-7(13)5-8(14)10(6)19-9;1-2-17-12(16)10(15)9-4-6-3-7(13)5-8(14)11(6)18-9;11-5-1-4-2-7(10(13,14)9(15)16)17-8(4)6(12)3-5;1-13-10(14-2)6-15-9-4-3-7(11)5-8(9)12;9-6-3-5-1-2-11-8(5)7(10)4-6;7-4-1-2-6(9)5(8)3-4;/h3-4,9-12,18,22,32H,1-2,5-8,13H2,(H,30,33);3-5H,2H2,1H3;3-5H,2H2,1H3;1-3H,(H,15,16);3-5,10H,6H2,1-2H3;1-4H;1-3,9H;1H4/t18-,22-;;;;;;;/m1......./s1. The minimum atomic E-state index is -4.10. The van der Waals surface area contributed by atoms with Crippen LogP contribution in [-0.4, -0.2) is 129 Å². The van der Waals surface area contributed by atoms with Crippen molar-refractivity contribution in [3.8, 4) is 23.0 Å². The fraction of sp³-hybridized carbons (Fsp3) is 0.250. The lowest BCUT2D eigenvalue weighted by Crippen LogP contribution is -2.50. The second kappa shape index (κ2) is 46.3. The maximum atomic E-state index is 15.3. The van der Waals surface area contributed by atoms with E-state index in [1.165, 1.54) is 67.6 Å². The molecule has 0 spiro atoms. The quantitative estimate of drug-likeness (QED) is 0.0181. The molecule has 5 aromatic heterocycles. The first-order valence-electron chi connectivity index (χ1n) is 36.1. The molecular formula is C84H68Cl14F6N2O20. The number of aliphatic carboxylic acids is 1. The van der Waals surface area contributed by atoms with Crippen molar-refractivity contribution in [3.05, 3.63) is 251 Å². The van der Waals surface area contributed by atoms with Gasteiger partial charge in [0.1, 0.15) is 37.4 Å². The van der Waals surface area contributed by atoms with Crippen LogP contribution in [0.15, 0.2) is 174 Å². The van der Waals surface area contributed by atoms with E-state index in [9.17, 15) is 46.6 Å². The van der Waals surface area contributed by atoms with E-state index in [2.05, 4.69) is 14.8 Å². The van der Waals surface area contributed by atoms with E-state index < -0.39 is 83.1 Å². The Morgan fingerprint density at radius 1 is 0.484 bits per heavy atom. The van der Waals surface area contributed by atoms with Crippen LogP contribution in [0.2, 0.25) is 70.3 Å². The number of furan rings is 5. The zero-order valence-electron chi connectivity index (χ0n) is 64.5. The average molecular weight is 2040 g/mol. The molecule has 1 fully saturated rings. The van der Waals surface area contributed by atoms with Crippen LogP contribution in [0, 0.1) is 0 Å². The number of benzene rings is 8. The van der Waals surface area contributed by atoms with E-state index in [1.807, 2.05) is 17.0 Å². The van der Waals surface area contributed by atoms with Crippen molar-refractivity contribution in [1.29, 1.82) is 0 Å². The highest BCUT2D eigenvalue weighted by Crippen LogP contribution is 2.43. The monoisotopic (exact) mass is 2030 g/mol. The molecule has 15 rings (SSSR count). The predicted molar refractivity (Wildman–Crippen MR) is 473 cm³/mol. The summed E-state index contributed by atoms with van der Waals surface area (Å²) in [6.45, 7) is 5.75. The molecule has 126 heavy (non-hydrogen) atoms. The van der Waals surface area contributed by atoms with Crippen LogP contribution in [0.3, 0.4) is 0 Å². The molecule has 0 saturated carbocycles. The number of aromatic hydroxyl groups is 1. The summed E-state index contributed by atoms with van der Waals surface area (Å²) in [4.78, 5) is 59.4. The van der Waals surface area contributed by atoms with Gasteiger partial charge in [-0.25, -0.2) is 14.4 Å². The normalized spacial score (nSPS) is 12.9. The fourth-order valence-electron chi connectivity index (χ4n) is 11.4. The number of esters is 2. The zero-order chi connectivity index (χ0) is 91.7. The van der Waals surface area contributed by atoms with Crippen molar-refractivity contribution in [1.82, 2.24) is 10.2 Å². The SMILES string of the molecule is C.CCOC(=O)C(=O)c1cc2cc(Cl)cc(Cl)c2o1.CCOC(=O)C(F)(F)c1cc2cc(Cl)cc(Cl)c2o1.COC(COc1ccc(Cl)cc1Cl)OC.Clc1cc(Cl)c2occc2c1.O=C(N[C@H](CN1CCCC1)[C@H](O)c1ccc2c(c1)OCCO2)C(F)(F)c1cc2cc(Cl)cc(Cl)c2o1.O=C(O)C(F)(F)c1cc2cc(Cl)cc(Cl)c2o1.Oc1ccc(Cl)cc1Cl. The molecule has 42 heteroatoms. The first-order chi connectivity index (χ1) is 59.1. The summed E-state index contributed by atoms with van der Waals surface area (Å²) < 4.78 is 145. The van der Waals surface area contributed by atoms with E-state index in [1.54, 1.807) is 82.0 Å². The van der Waals surface area contributed by atoms with Crippen molar-refractivity contribution in [2.45, 2.75) is 70.3 Å². The van der Waals surface area contributed by atoms with E-state index in [0.29, 0.717) is 82.7 Å². The van der Waals surface area contributed by atoms with Crippen LogP contribution in [0.4, 0.5) is 26.3 Å². The highest BCUT2D eigenvalue weighted by molar-refractivity contribution is 6.43. The number of carboxylic acid groups (broad SMARTS) is 1. The third kappa shape index (κ3) is 26.9. The number of nitrogens with one attached hydrogen (secondary N) is 1. The Morgan fingerprint density at radius 3 is 1.39 bits per heavy atom. The number of carboxylic acids is 1. The molecule has 0 aliphatic carbocycles. The lowest BCUT2D eigenvalue weighted by molar-refractivity contribution is -0.175. The van der Waals surface area contributed by atoms with Crippen LogP contribution in [-0.2, 0) is 55.9 Å². The highest BCUT2D eigenvalue weighted by Gasteiger charge is 2.48. The number of hydrogen-bond donors (Lipinski definition) is 4. The zero-order valence-corrected chi connectivity index (χ0v) is 75.1. The lowest BCUT2D eigenvalue weighted by Gasteiger charge is -2.30. The van der Waals surface area contributed by atoms with Gasteiger partial charge in [0.05, 0.1) is 60.7 Å². The lowest BCUT2D eigenvalue weighted by atomic mass is 10.0. The average Bonchev–Trinajstić information content (AvgIpc) is 1.64. The molecule has 2 atom stereocenters. The second-order valence-corrected chi connectivity index (χ2v) is 31.9. The van der Waals surface area contributed by atoms with Crippen molar-refractivity contribution in [2.24, 2.45) is 0 Å². The Kier molecular flexibility index (Phi) is 37.9. The Morgan fingerprint density at radius 2 is 0.921 bits per heavy atom. The smallest absolute Gasteiger partial charge is 0.399 e. The maximum Gasteiger partial charge on any atom is 0.399 e. The Balaban J connectivity index is 0.000000190. The van der Waals surface area contributed by atoms with Crippen LogP contribution in [0.25, 0.3) is 54.8 Å². The summed E-state index contributed by atoms with van der Waals surface area (Å²) in [5, 5.41) is 37.7. The van der Waals surface area contributed by atoms with Crippen molar-refractivity contribution in [3.63, 3.8) is 0 Å². The molecule has 0 radical (unpaired) electrons. The number of aliphatic hydroxyl groups is 1. The van der Waals surface area contributed by atoms with Gasteiger partial charge in [0.15, 0.2) is 68.7 Å². The maximum absolute atomic E-state index is 15.3. The molecule has 8 aromatic carbocycles. The number of phenolic OH excluding ortho intramolecular Hbond substituents is 1. The minimum Gasteiger partial charge on any atom is -0.506 e. The van der Waals surface area contributed by atoms with Crippen molar-refractivity contribution in [2.75, 3.05) is 66.9 Å². The first-order valence-corrected chi connectivity index (χ1v) is 41.4. The molecule has 22 nitrogen and oxygen atoms in total. The largest absolute Gasteiger partial charge is 0.506 e. The van der Waals surface area contributed by atoms with E-state index >= 15 is 8.78 Å². The van der Waals surface area contributed by atoms with Crippen molar-refractivity contribution >= 4 is 247 Å². The van der Waals surface area contributed by atoms with Gasteiger partial charge in [0.25, 0.3) is 5.91 Å². The number of ketones is 1. The molecule has 13 aromatic rings.